The third-order valence-electron chi connectivity index (χ3n) is 7.70. The van der Waals surface area contributed by atoms with Crippen LogP contribution in [0.2, 0.25) is 0 Å². The molecular weight excluding hydrogens is 577 g/mol. The van der Waals surface area contributed by atoms with E-state index in [9.17, 15) is 8.42 Å². The van der Waals surface area contributed by atoms with E-state index in [1.54, 1.807) is 27.8 Å². The van der Waals surface area contributed by atoms with E-state index < -0.39 is 10.0 Å². The summed E-state index contributed by atoms with van der Waals surface area (Å²) in [6, 6.07) is 12.1. The summed E-state index contributed by atoms with van der Waals surface area (Å²) in [5, 5.41) is 6.77. The number of hydrogen-bond donors (Lipinski definition) is 2. The summed E-state index contributed by atoms with van der Waals surface area (Å²) >= 11 is 2.94. The number of nitrogens with zero attached hydrogens (tertiary/aromatic N) is 4. The summed E-state index contributed by atoms with van der Waals surface area (Å²) in [6.07, 6.45) is 10.1. The molecule has 0 radical (unpaired) electrons. The zero-order valence-corrected chi connectivity index (χ0v) is 25.0. The lowest BCUT2D eigenvalue weighted by atomic mass is 10.1. The molecule has 9 nitrogen and oxygen atoms in total. The van der Waals surface area contributed by atoms with Crippen molar-refractivity contribution in [1.82, 2.24) is 20.2 Å². The highest BCUT2D eigenvalue weighted by Gasteiger charge is 2.34. The number of thiophene rings is 1. The molecule has 0 atom stereocenters. The molecule has 2 aliphatic heterocycles. The lowest BCUT2D eigenvalue weighted by Gasteiger charge is -2.32. The molecule has 3 aromatic heterocycles. The quantitative estimate of drug-likeness (QED) is 0.263. The maximum atomic E-state index is 13.7. The molecule has 1 saturated carbocycles. The van der Waals surface area contributed by atoms with E-state index >= 15 is 0 Å². The van der Waals surface area contributed by atoms with E-state index in [0.29, 0.717) is 34.9 Å². The Balaban J connectivity index is 1.07. The van der Waals surface area contributed by atoms with Crippen LogP contribution in [0, 0.1) is 5.92 Å². The molecule has 2 N–H and O–H groups in total. The summed E-state index contributed by atoms with van der Waals surface area (Å²) < 4.78 is 35.4. The van der Waals surface area contributed by atoms with E-state index in [1.165, 1.54) is 16.2 Å². The Hall–Kier alpha value is -3.19. The maximum Gasteiger partial charge on any atom is 0.289 e. The first-order valence-corrected chi connectivity index (χ1v) is 17.1. The molecule has 3 aliphatic rings. The zero-order chi connectivity index (χ0) is 27.8. The Kier molecular flexibility index (Phi) is 7.32. The van der Waals surface area contributed by atoms with Gasteiger partial charge in [-0.05, 0) is 61.3 Å². The number of H-pyrrole nitrogens is 1. The molecule has 1 aliphatic carbocycles. The van der Waals surface area contributed by atoms with Crippen molar-refractivity contribution in [2.75, 3.05) is 30.5 Å². The third-order valence-corrected chi connectivity index (χ3v) is 11.9. The number of thiazole rings is 1. The number of fused-ring (bicyclic) bond motifs is 1. The van der Waals surface area contributed by atoms with Crippen molar-refractivity contribution >= 4 is 55.3 Å². The smallest absolute Gasteiger partial charge is 0.289 e. The minimum Gasteiger partial charge on any atom is -0.462 e. The van der Waals surface area contributed by atoms with Crippen LogP contribution in [0.3, 0.4) is 0 Å². The standard InChI is InChI=1S/C29H32N6O3S3/c36-41(37,26-6-2-15-39-26)35(18-20-7-8-20)25-5-1-4-21-16-24(33-27(21)25)28-32-17-23(40-28)19-34-13-9-22(10-14-34)38-29-30-11-3-12-31-29/h1-6,11,15-17,20,22,33H,7-10,12-14,18-19H2,(H,30,31). The van der Waals surface area contributed by atoms with Crippen molar-refractivity contribution in [1.29, 1.82) is 0 Å². The number of aromatic amines is 1. The molecule has 0 amide bonds. The van der Waals surface area contributed by atoms with E-state index in [4.69, 9.17) is 9.72 Å². The first-order valence-electron chi connectivity index (χ1n) is 14.0. The minimum absolute atomic E-state index is 0.185. The van der Waals surface area contributed by atoms with Crippen LogP contribution in [0.1, 0.15) is 30.6 Å². The molecule has 0 spiro atoms. The number of piperidine rings is 1. The molecule has 1 aromatic carbocycles. The van der Waals surface area contributed by atoms with Crippen LogP contribution < -0.4 is 9.62 Å². The highest BCUT2D eigenvalue weighted by atomic mass is 32.2. The van der Waals surface area contributed by atoms with Crippen molar-refractivity contribution < 1.29 is 13.2 Å². The minimum atomic E-state index is -3.65. The number of benzene rings is 1. The molecule has 2 fully saturated rings. The molecule has 4 aromatic rings. The summed E-state index contributed by atoms with van der Waals surface area (Å²) in [7, 11) is -3.65. The van der Waals surface area contributed by atoms with Gasteiger partial charge in [0.2, 0.25) is 0 Å². The largest absolute Gasteiger partial charge is 0.462 e. The van der Waals surface area contributed by atoms with Crippen molar-refractivity contribution in [3.8, 4) is 10.7 Å². The van der Waals surface area contributed by atoms with Gasteiger partial charge in [0.15, 0.2) is 0 Å². The first kappa shape index (κ1) is 26.7. The Morgan fingerprint density at radius 2 is 2.00 bits per heavy atom. The number of hydrogen-bond acceptors (Lipinski definition) is 9. The number of amidine groups is 1. The van der Waals surface area contributed by atoms with Crippen molar-refractivity contribution in [3.63, 3.8) is 0 Å². The van der Waals surface area contributed by atoms with Gasteiger partial charge < -0.3 is 15.0 Å². The van der Waals surface area contributed by atoms with Crippen molar-refractivity contribution in [2.45, 2.75) is 42.5 Å². The van der Waals surface area contributed by atoms with Crippen LogP contribution in [-0.2, 0) is 21.3 Å². The van der Waals surface area contributed by atoms with Gasteiger partial charge in [-0.3, -0.25) is 9.21 Å². The fourth-order valence-electron chi connectivity index (χ4n) is 5.35. The summed E-state index contributed by atoms with van der Waals surface area (Å²) in [4.78, 5) is 16.3. The number of likely N-dealkylation sites (tertiary alicyclic amines) is 1. The van der Waals surface area contributed by atoms with Crippen LogP contribution in [0.25, 0.3) is 21.6 Å². The Labute approximate surface area is 247 Å². The second-order valence-electron chi connectivity index (χ2n) is 10.8. The number of sulfonamides is 1. The monoisotopic (exact) mass is 608 g/mol. The number of ether oxygens (including phenoxy) is 1. The average molecular weight is 609 g/mol. The molecule has 1 saturated heterocycles. The highest BCUT2D eigenvalue weighted by Crippen LogP contribution is 2.39. The SMILES string of the molecule is O=S(=O)(c1cccs1)N(CC1CC1)c1cccc2cc(-c3ncc(CN4CCC(OC5=NCC=CN5)CC4)s3)[nH]c12. The zero-order valence-electron chi connectivity index (χ0n) is 22.5. The average Bonchev–Trinajstić information content (AvgIpc) is 3.37. The second kappa shape index (κ2) is 11.2. The van der Waals surface area contributed by atoms with Gasteiger partial charge in [0.1, 0.15) is 15.3 Å². The van der Waals surface area contributed by atoms with E-state index in [1.807, 2.05) is 42.1 Å². The Morgan fingerprint density at radius 3 is 2.76 bits per heavy atom. The van der Waals surface area contributed by atoms with Crippen LogP contribution in [0.5, 0.6) is 0 Å². The molecule has 214 valence electrons. The van der Waals surface area contributed by atoms with Gasteiger partial charge in [0, 0.05) is 48.8 Å². The molecule has 7 rings (SSSR count). The summed E-state index contributed by atoms with van der Waals surface area (Å²) in [6.45, 7) is 3.95. The molecule has 12 heteroatoms. The summed E-state index contributed by atoms with van der Waals surface area (Å²) in [5.74, 6) is 0.405. The first-order chi connectivity index (χ1) is 20.0. The predicted octanol–water partition coefficient (Wildman–Crippen LogP) is 5.41. The Bertz CT molecular complexity index is 1680. The second-order valence-corrected chi connectivity index (χ2v) is 14.9. The van der Waals surface area contributed by atoms with Gasteiger partial charge in [-0.25, -0.2) is 18.4 Å². The number of anilines is 1. The van der Waals surface area contributed by atoms with Gasteiger partial charge >= 0.3 is 0 Å². The molecule has 0 bridgehead atoms. The number of para-hydroxylation sites is 1. The van der Waals surface area contributed by atoms with E-state index in [0.717, 1.165) is 66.9 Å². The van der Waals surface area contributed by atoms with Gasteiger partial charge in [0.05, 0.1) is 23.4 Å². The molecule has 41 heavy (non-hydrogen) atoms. The molecule has 0 unspecified atom stereocenters. The Morgan fingerprint density at radius 1 is 1.12 bits per heavy atom. The lowest BCUT2D eigenvalue weighted by Crippen LogP contribution is -2.39. The van der Waals surface area contributed by atoms with Crippen molar-refractivity contribution in [3.05, 3.63) is 65.1 Å². The van der Waals surface area contributed by atoms with Crippen molar-refractivity contribution in [2.24, 2.45) is 10.9 Å². The van der Waals surface area contributed by atoms with E-state index in [-0.39, 0.29) is 6.10 Å². The fraction of sp³-hybridized carbons (Fsp3) is 0.379. The van der Waals surface area contributed by atoms with Gasteiger partial charge in [-0.15, -0.1) is 22.7 Å². The van der Waals surface area contributed by atoms with Crippen LogP contribution >= 0.6 is 22.7 Å². The van der Waals surface area contributed by atoms with Gasteiger partial charge in [-0.1, -0.05) is 18.2 Å². The molecule has 5 heterocycles. The highest BCUT2D eigenvalue weighted by molar-refractivity contribution is 7.94. The molecular formula is C29H32N6O3S3. The number of nitrogens with one attached hydrogen (secondary N) is 2. The number of aliphatic imine (C=N–C) groups is 1. The van der Waals surface area contributed by atoms with E-state index in [2.05, 4.69) is 26.3 Å². The predicted molar refractivity (Wildman–Crippen MR) is 165 cm³/mol. The van der Waals surface area contributed by atoms with Gasteiger partial charge in [0.25, 0.3) is 16.0 Å². The van der Waals surface area contributed by atoms with Crippen LogP contribution in [0.4, 0.5) is 5.69 Å². The van der Waals surface area contributed by atoms with Crippen LogP contribution in [0.15, 0.2) is 69.5 Å². The third kappa shape index (κ3) is 5.78. The number of rotatable bonds is 9. The normalized spacial score (nSPS) is 18.4. The topological polar surface area (TPSA) is 103 Å². The van der Waals surface area contributed by atoms with Gasteiger partial charge in [-0.2, -0.15) is 0 Å². The summed E-state index contributed by atoms with van der Waals surface area (Å²) in [5.41, 5.74) is 2.43. The number of aromatic nitrogens is 2. The lowest BCUT2D eigenvalue weighted by molar-refractivity contribution is 0.0852. The fourth-order valence-corrected chi connectivity index (χ4v) is 8.93. The maximum absolute atomic E-state index is 13.7. The van der Waals surface area contributed by atoms with Crippen LogP contribution in [-0.4, -0.2) is 61.6 Å².